The summed E-state index contributed by atoms with van der Waals surface area (Å²) in [6.07, 6.45) is 0. The summed E-state index contributed by atoms with van der Waals surface area (Å²) in [5.74, 6) is 1.59. The Labute approximate surface area is 189 Å². The molecule has 3 aromatic rings. The van der Waals surface area contributed by atoms with Crippen molar-refractivity contribution in [1.29, 1.82) is 0 Å². The van der Waals surface area contributed by atoms with Crippen molar-refractivity contribution in [3.63, 3.8) is 0 Å². The van der Waals surface area contributed by atoms with E-state index < -0.39 is 0 Å². The Hall–Kier alpha value is -3.67. The van der Waals surface area contributed by atoms with Gasteiger partial charge in [0.05, 0.1) is 31.5 Å². The van der Waals surface area contributed by atoms with Crippen LogP contribution in [-0.4, -0.2) is 25.9 Å². The van der Waals surface area contributed by atoms with E-state index in [1.54, 1.807) is 12.1 Å². The second-order valence-corrected chi connectivity index (χ2v) is 6.95. The highest BCUT2D eigenvalue weighted by Gasteiger charge is 2.19. The molecule has 0 saturated heterocycles. The number of hydrogen-bond acceptors (Lipinski definition) is 4. The molecule has 0 heterocycles. The van der Waals surface area contributed by atoms with Gasteiger partial charge in [0.15, 0.2) is 11.5 Å². The van der Waals surface area contributed by atoms with Crippen molar-refractivity contribution in [2.24, 2.45) is 0 Å². The summed E-state index contributed by atoms with van der Waals surface area (Å²) in [7, 11) is 0. The lowest BCUT2D eigenvalue weighted by Crippen LogP contribution is -2.33. The Bertz CT molecular complexity index is 927. The van der Waals surface area contributed by atoms with Gasteiger partial charge in [0.25, 0.3) is 0 Å². The van der Waals surface area contributed by atoms with E-state index in [1.165, 1.54) is 0 Å². The number of ether oxygens (including phenoxy) is 3. The van der Waals surface area contributed by atoms with E-state index in [0.717, 1.165) is 11.1 Å². The monoisotopic (exact) mass is 434 g/mol. The van der Waals surface area contributed by atoms with Crippen molar-refractivity contribution in [3.05, 3.63) is 83.9 Å². The van der Waals surface area contributed by atoms with Crippen LogP contribution in [0.5, 0.6) is 17.2 Å². The minimum absolute atomic E-state index is 0.294. The molecule has 0 unspecified atom stereocenters. The van der Waals surface area contributed by atoms with Crippen molar-refractivity contribution < 1.29 is 19.0 Å². The third-order valence-electron chi connectivity index (χ3n) is 4.71. The van der Waals surface area contributed by atoms with Gasteiger partial charge in [-0.1, -0.05) is 60.7 Å². The van der Waals surface area contributed by atoms with Crippen LogP contribution in [0.3, 0.4) is 0 Å². The summed E-state index contributed by atoms with van der Waals surface area (Å²) >= 11 is 0. The second-order valence-electron chi connectivity index (χ2n) is 6.95. The van der Waals surface area contributed by atoms with Crippen LogP contribution in [0.1, 0.15) is 37.9 Å². The van der Waals surface area contributed by atoms with Gasteiger partial charge in [-0.2, -0.15) is 0 Å². The zero-order valence-corrected chi connectivity index (χ0v) is 18.8. The van der Waals surface area contributed by atoms with Gasteiger partial charge < -0.3 is 24.8 Å². The number of hydrogen-bond donors (Lipinski definition) is 2. The van der Waals surface area contributed by atoms with E-state index in [9.17, 15) is 4.79 Å². The fraction of sp³-hybridized carbons (Fsp3) is 0.269. The average molecular weight is 435 g/mol. The van der Waals surface area contributed by atoms with Crippen LogP contribution in [0, 0.1) is 0 Å². The topological polar surface area (TPSA) is 68.8 Å². The zero-order valence-electron chi connectivity index (χ0n) is 18.8. The maximum atomic E-state index is 13.0. The molecule has 0 bridgehead atoms. The van der Waals surface area contributed by atoms with Gasteiger partial charge in [-0.05, 0) is 31.9 Å². The summed E-state index contributed by atoms with van der Waals surface area (Å²) in [5, 5.41) is 5.99. The fourth-order valence-corrected chi connectivity index (χ4v) is 3.41. The second kappa shape index (κ2) is 11.6. The highest BCUT2D eigenvalue weighted by atomic mass is 16.5. The number of amides is 2. The molecule has 2 N–H and O–H groups in total. The van der Waals surface area contributed by atoms with E-state index in [0.29, 0.717) is 42.8 Å². The van der Waals surface area contributed by atoms with Gasteiger partial charge in [-0.3, -0.25) is 0 Å². The third-order valence-corrected chi connectivity index (χ3v) is 4.71. The van der Waals surface area contributed by atoms with Crippen molar-refractivity contribution in [1.82, 2.24) is 5.32 Å². The molecular formula is C26H30N2O4. The summed E-state index contributed by atoms with van der Waals surface area (Å²) in [6.45, 7) is 7.10. The molecule has 0 spiro atoms. The summed E-state index contributed by atoms with van der Waals surface area (Å²) in [4.78, 5) is 13.0. The Morgan fingerprint density at radius 2 is 1.22 bits per heavy atom. The Morgan fingerprint density at radius 3 is 1.66 bits per heavy atom. The van der Waals surface area contributed by atoms with E-state index in [-0.39, 0.29) is 12.1 Å². The van der Waals surface area contributed by atoms with Gasteiger partial charge in [0.2, 0.25) is 5.75 Å². The fourth-order valence-electron chi connectivity index (χ4n) is 3.41. The predicted octanol–water partition coefficient (Wildman–Crippen LogP) is 5.79. The first kappa shape index (κ1) is 23.0. The average Bonchev–Trinajstić information content (AvgIpc) is 2.81. The molecule has 0 aromatic heterocycles. The van der Waals surface area contributed by atoms with Crippen LogP contribution in [0.2, 0.25) is 0 Å². The van der Waals surface area contributed by atoms with Crippen molar-refractivity contribution in [3.8, 4) is 17.2 Å². The van der Waals surface area contributed by atoms with E-state index in [4.69, 9.17) is 14.2 Å². The standard InChI is InChI=1S/C26H30N2O4/c1-4-30-22-17-21(18-23(31-5-2)25(22)32-6-3)27-26(29)28-24(19-13-9-7-10-14-19)20-15-11-8-12-16-20/h7-18,24H,4-6H2,1-3H3,(H2,27,28,29). The van der Waals surface area contributed by atoms with Crippen LogP contribution in [0.4, 0.5) is 10.5 Å². The van der Waals surface area contributed by atoms with Gasteiger partial charge in [0, 0.05) is 12.1 Å². The maximum absolute atomic E-state index is 13.0. The number of benzene rings is 3. The summed E-state index contributed by atoms with van der Waals surface area (Å²) in [6, 6.07) is 22.6. The Balaban J connectivity index is 1.86. The lowest BCUT2D eigenvalue weighted by atomic mass is 9.99. The molecule has 0 fully saturated rings. The highest BCUT2D eigenvalue weighted by molar-refractivity contribution is 5.90. The number of anilines is 1. The molecule has 0 radical (unpaired) electrons. The summed E-state index contributed by atoms with van der Waals surface area (Å²) < 4.78 is 17.2. The number of rotatable bonds is 10. The smallest absolute Gasteiger partial charge is 0.319 e. The third kappa shape index (κ3) is 5.94. The Kier molecular flexibility index (Phi) is 8.37. The van der Waals surface area contributed by atoms with Crippen molar-refractivity contribution >= 4 is 11.7 Å². The first-order valence-corrected chi connectivity index (χ1v) is 10.9. The summed E-state index contributed by atoms with van der Waals surface area (Å²) in [5.41, 5.74) is 2.54. The normalized spacial score (nSPS) is 10.5. The van der Waals surface area contributed by atoms with E-state index >= 15 is 0 Å². The van der Waals surface area contributed by atoms with Crippen LogP contribution in [-0.2, 0) is 0 Å². The molecule has 6 nitrogen and oxygen atoms in total. The molecule has 0 saturated carbocycles. The molecule has 168 valence electrons. The largest absolute Gasteiger partial charge is 0.490 e. The molecule has 0 atom stereocenters. The molecule has 6 heteroatoms. The van der Waals surface area contributed by atoms with Gasteiger partial charge in [0.1, 0.15) is 0 Å². The maximum Gasteiger partial charge on any atom is 0.319 e. The van der Waals surface area contributed by atoms with Crippen molar-refractivity contribution in [2.45, 2.75) is 26.8 Å². The minimum atomic E-state index is -0.336. The molecule has 3 aromatic carbocycles. The first-order chi connectivity index (χ1) is 15.7. The first-order valence-electron chi connectivity index (χ1n) is 10.9. The Morgan fingerprint density at radius 1 is 0.750 bits per heavy atom. The van der Waals surface area contributed by atoms with E-state index in [2.05, 4.69) is 10.6 Å². The highest BCUT2D eigenvalue weighted by Crippen LogP contribution is 2.40. The molecule has 0 aliphatic carbocycles. The van der Waals surface area contributed by atoms with Crippen LogP contribution in [0.15, 0.2) is 72.8 Å². The molecule has 2 amide bonds. The SMILES string of the molecule is CCOc1cc(NC(=O)NC(c2ccccc2)c2ccccc2)cc(OCC)c1OCC. The number of carbonyl (C=O) groups is 1. The van der Waals surface area contributed by atoms with Crippen LogP contribution < -0.4 is 24.8 Å². The predicted molar refractivity (Wildman–Crippen MR) is 127 cm³/mol. The molecule has 0 aliphatic heterocycles. The van der Waals surface area contributed by atoms with Gasteiger partial charge in [-0.25, -0.2) is 4.79 Å². The molecule has 3 rings (SSSR count). The minimum Gasteiger partial charge on any atom is -0.490 e. The lowest BCUT2D eigenvalue weighted by molar-refractivity contribution is 0.250. The molecular weight excluding hydrogens is 404 g/mol. The van der Waals surface area contributed by atoms with Gasteiger partial charge in [-0.15, -0.1) is 0 Å². The lowest BCUT2D eigenvalue weighted by Gasteiger charge is -2.21. The number of nitrogens with one attached hydrogen (secondary N) is 2. The number of carbonyl (C=O) groups excluding carboxylic acids is 1. The van der Waals surface area contributed by atoms with Crippen LogP contribution >= 0.6 is 0 Å². The van der Waals surface area contributed by atoms with E-state index in [1.807, 2.05) is 81.4 Å². The molecule has 0 aliphatic rings. The quantitative estimate of drug-likeness (QED) is 0.424. The number of urea groups is 1. The zero-order chi connectivity index (χ0) is 22.8. The molecule has 32 heavy (non-hydrogen) atoms. The van der Waals surface area contributed by atoms with Crippen molar-refractivity contribution in [2.75, 3.05) is 25.1 Å². The van der Waals surface area contributed by atoms with Crippen LogP contribution in [0.25, 0.3) is 0 Å². The van der Waals surface area contributed by atoms with Gasteiger partial charge >= 0.3 is 6.03 Å².